The van der Waals surface area contributed by atoms with Crippen LogP contribution in [0.3, 0.4) is 0 Å². The molecule has 2 heterocycles. The maximum Gasteiger partial charge on any atom is 0.305 e. The van der Waals surface area contributed by atoms with Crippen molar-refractivity contribution >= 4 is 11.9 Å². The molecule has 2 fully saturated rings. The van der Waals surface area contributed by atoms with Gasteiger partial charge in [-0.15, -0.1) is 0 Å². The van der Waals surface area contributed by atoms with E-state index in [-0.39, 0.29) is 18.9 Å². The molecule has 7 heteroatoms. The van der Waals surface area contributed by atoms with Gasteiger partial charge >= 0.3 is 5.97 Å². The largest absolute Gasteiger partial charge is 0.481 e. The first-order valence-corrected chi connectivity index (χ1v) is 7.15. The molecule has 0 radical (unpaired) electrons. The van der Waals surface area contributed by atoms with Crippen LogP contribution in [-0.2, 0) is 16.6 Å². The van der Waals surface area contributed by atoms with Gasteiger partial charge in [-0.3, -0.25) is 14.3 Å². The molecule has 2 aliphatic rings. The van der Waals surface area contributed by atoms with Crippen LogP contribution >= 0.6 is 0 Å². The van der Waals surface area contributed by atoms with Crippen molar-refractivity contribution in [3.63, 3.8) is 0 Å². The van der Waals surface area contributed by atoms with Gasteiger partial charge in [0.15, 0.2) is 0 Å². The van der Waals surface area contributed by atoms with Gasteiger partial charge < -0.3 is 15.2 Å². The Labute approximate surface area is 122 Å². The van der Waals surface area contributed by atoms with Crippen LogP contribution in [0.15, 0.2) is 6.07 Å². The molecule has 1 saturated heterocycles. The SMILES string of the molecule is Cn1nc(C(=O)NC2(CC(=O)O)CCOC2)cc1C1CC1. The number of aromatic nitrogens is 2. The number of hydrogen-bond acceptors (Lipinski definition) is 4. The minimum absolute atomic E-state index is 0.138. The summed E-state index contributed by atoms with van der Waals surface area (Å²) in [5, 5.41) is 16.1. The highest BCUT2D eigenvalue weighted by Crippen LogP contribution is 2.40. The van der Waals surface area contributed by atoms with Crippen molar-refractivity contribution in [1.29, 1.82) is 0 Å². The second-order valence-electron chi connectivity index (χ2n) is 5.96. The Balaban J connectivity index is 1.75. The molecule has 0 aromatic carbocycles. The predicted octanol–water partition coefficient (Wildman–Crippen LogP) is 0.661. The number of aliphatic carboxylic acids is 1. The second-order valence-corrected chi connectivity index (χ2v) is 5.96. The number of hydrogen-bond donors (Lipinski definition) is 2. The number of nitrogens with zero attached hydrogens (tertiary/aromatic N) is 2. The Hall–Kier alpha value is -1.89. The molecule has 1 aromatic rings. The Morgan fingerprint density at radius 3 is 2.90 bits per heavy atom. The lowest BCUT2D eigenvalue weighted by Crippen LogP contribution is -2.50. The van der Waals surface area contributed by atoms with Crippen molar-refractivity contribution < 1.29 is 19.4 Å². The van der Waals surface area contributed by atoms with Crippen LogP contribution in [0, 0.1) is 0 Å². The molecule has 1 aliphatic carbocycles. The normalized spacial score (nSPS) is 25.0. The van der Waals surface area contributed by atoms with E-state index in [0.717, 1.165) is 18.5 Å². The lowest BCUT2D eigenvalue weighted by Gasteiger charge is -2.26. The van der Waals surface area contributed by atoms with Gasteiger partial charge in [0.25, 0.3) is 5.91 Å². The molecule has 7 nitrogen and oxygen atoms in total. The van der Waals surface area contributed by atoms with Crippen molar-refractivity contribution in [1.82, 2.24) is 15.1 Å². The average Bonchev–Trinajstić information content (AvgIpc) is 3.03. The van der Waals surface area contributed by atoms with Gasteiger partial charge in [0.1, 0.15) is 5.69 Å². The van der Waals surface area contributed by atoms with E-state index in [1.807, 2.05) is 7.05 Å². The van der Waals surface area contributed by atoms with E-state index in [0.29, 0.717) is 24.6 Å². The highest BCUT2D eigenvalue weighted by molar-refractivity contribution is 5.93. The van der Waals surface area contributed by atoms with Crippen LogP contribution in [0.2, 0.25) is 0 Å². The summed E-state index contributed by atoms with van der Waals surface area (Å²) in [4.78, 5) is 23.4. The third-order valence-corrected chi connectivity index (χ3v) is 4.12. The smallest absolute Gasteiger partial charge is 0.305 e. The molecule has 0 bridgehead atoms. The Kier molecular flexibility index (Phi) is 3.44. The van der Waals surface area contributed by atoms with Crippen LogP contribution < -0.4 is 5.32 Å². The Morgan fingerprint density at radius 1 is 1.57 bits per heavy atom. The van der Waals surface area contributed by atoms with E-state index in [9.17, 15) is 9.59 Å². The zero-order chi connectivity index (χ0) is 15.0. The van der Waals surface area contributed by atoms with Gasteiger partial charge in [-0.25, -0.2) is 0 Å². The molecule has 0 spiro atoms. The summed E-state index contributed by atoms with van der Waals surface area (Å²) in [5.74, 6) is -0.767. The van der Waals surface area contributed by atoms with Gasteiger partial charge in [0.2, 0.25) is 0 Å². The fourth-order valence-electron chi connectivity index (χ4n) is 2.84. The fourth-order valence-corrected chi connectivity index (χ4v) is 2.84. The quantitative estimate of drug-likeness (QED) is 0.832. The predicted molar refractivity (Wildman–Crippen MR) is 73.1 cm³/mol. The fraction of sp³-hybridized carbons (Fsp3) is 0.643. The third kappa shape index (κ3) is 2.92. The van der Waals surface area contributed by atoms with E-state index in [1.54, 1.807) is 10.7 Å². The first-order valence-electron chi connectivity index (χ1n) is 7.15. The van der Waals surface area contributed by atoms with Gasteiger partial charge in [0, 0.05) is 25.3 Å². The van der Waals surface area contributed by atoms with Crippen molar-refractivity contribution in [3.05, 3.63) is 17.5 Å². The summed E-state index contributed by atoms with van der Waals surface area (Å²) in [6.07, 6.45) is 2.64. The lowest BCUT2D eigenvalue weighted by molar-refractivity contribution is -0.138. The first kappa shape index (κ1) is 14.1. The molecule has 1 amide bonds. The molecule has 1 aromatic heterocycles. The van der Waals surface area contributed by atoms with Crippen molar-refractivity contribution in [3.8, 4) is 0 Å². The monoisotopic (exact) mass is 293 g/mol. The highest BCUT2D eigenvalue weighted by atomic mass is 16.5. The number of carbonyl (C=O) groups is 2. The number of rotatable bonds is 5. The van der Waals surface area contributed by atoms with E-state index >= 15 is 0 Å². The number of carbonyl (C=O) groups excluding carboxylic acids is 1. The van der Waals surface area contributed by atoms with Gasteiger partial charge in [-0.1, -0.05) is 0 Å². The molecule has 3 rings (SSSR count). The number of amides is 1. The van der Waals surface area contributed by atoms with E-state index < -0.39 is 11.5 Å². The highest BCUT2D eigenvalue weighted by Gasteiger charge is 2.39. The lowest BCUT2D eigenvalue weighted by atomic mass is 9.94. The standard InChI is InChI=1S/C14H19N3O4/c1-17-11(9-2-3-9)6-10(16-17)13(20)15-14(7-12(18)19)4-5-21-8-14/h6,9H,2-5,7-8H2,1H3,(H,15,20)(H,18,19). The molecule has 1 atom stereocenters. The first-order chi connectivity index (χ1) is 9.99. The van der Waals surface area contributed by atoms with E-state index in [4.69, 9.17) is 9.84 Å². The van der Waals surface area contributed by atoms with Gasteiger partial charge in [-0.05, 0) is 25.3 Å². The number of carboxylic acid groups (broad SMARTS) is 1. The zero-order valence-electron chi connectivity index (χ0n) is 12.0. The Bertz CT molecular complexity index is 571. The second kappa shape index (κ2) is 5.14. The summed E-state index contributed by atoms with van der Waals surface area (Å²) in [7, 11) is 1.83. The number of ether oxygens (including phenoxy) is 1. The van der Waals surface area contributed by atoms with E-state index in [1.165, 1.54) is 0 Å². The van der Waals surface area contributed by atoms with Crippen molar-refractivity contribution in [2.24, 2.45) is 7.05 Å². The number of aryl methyl sites for hydroxylation is 1. The van der Waals surface area contributed by atoms with Crippen molar-refractivity contribution in [2.75, 3.05) is 13.2 Å². The summed E-state index contributed by atoms with van der Waals surface area (Å²) in [6.45, 7) is 0.691. The minimum atomic E-state index is -0.944. The zero-order valence-corrected chi connectivity index (χ0v) is 12.0. The van der Waals surface area contributed by atoms with Crippen molar-refractivity contribution in [2.45, 2.75) is 37.1 Å². The summed E-state index contributed by atoms with van der Waals surface area (Å²) >= 11 is 0. The molecule has 1 aliphatic heterocycles. The number of nitrogens with one attached hydrogen (secondary N) is 1. The van der Waals surface area contributed by atoms with Crippen LogP contribution in [0.4, 0.5) is 0 Å². The average molecular weight is 293 g/mol. The summed E-state index contributed by atoms with van der Waals surface area (Å²) in [6, 6.07) is 1.80. The molecule has 21 heavy (non-hydrogen) atoms. The minimum Gasteiger partial charge on any atom is -0.481 e. The van der Waals surface area contributed by atoms with Crippen LogP contribution in [-0.4, -0.2) is 45.5 Å². The molecule has 2 N–H and O–H groups in total. The van der Waals surface area contributed by atoms with Crippen LogP contribution in [0.25, 0.3) is 0 Å². The molecular formula is C14H19N3O4. The third-order valence-electron chi connectivity index (χ3n) is 4.12. The van der Waals surface area contributed by atoms with E-state index in [2.05, 4.69) is 10.4 Å². The molecule has 1 saturated carbocycles. The molecule has 114 valence electrons. The topological polar surface area (TPSA) is 93.5 Å². The molecular weight excluding hydrogens is 274 g/mol. The maximum atomic E-state index is 12.4. The summed E-state index contributed by atoms with van der Waals surface area (Å²) < 4.78 is 7.01. The Morgan fingerprint density at radius 2 is 2.33 bits per heavy atom. The molecule has 1 unspecified atom stereocenters. The van der Waals surface area contributed by atoms with Gasteiger partial charge in [-0.2, -0.15) is 5.10 Å². The van der Waals surface area contributed by atoms with Crippen LogP contribution in [0.5, 0.6) is 0 Å². The maximum absolute atomic E-state index is 12.4. The summed E-state index contributed by atoms with van der Waals surface area (Å²) in [5.41, 5.74) is 0.589. The van der Waals surface area contributed by atoms with Crippen LogP contribution in [0.1, 0.15) is 47.8 Å². The van der Waals surface area contributed by atoms with Gasteiger partial charge in [0.05, 0.1) is 18.6 Å². The number of carboxylic acids is 1.